The Morgan fingerprint density at radius 2 is 2.06 bits per heavy atom. The van der Waals surface area contributed by atoms with Gasteiger partial charge in [0.05, 0.1) is 18.0 Å². The zero-order valence-corrected chi connectivity index (χ0v) is 9.09. The highest BCUT2D eigenvalue weighted by Crippen LogP contribution is 2.23. The van der Waals surface area contributed by atoms with E-state index in [1.54, 1.807) is 6.07 Å². The molecule has 0 radical (unpaired) electrons. The van der Waals surface area contributed by atoms with Crippen molar-refractivity contribution in [2.24, 2.45) is 0 Å². The van der Waals surface area contributed by atoms with Crippen LogP contribution in [-0.4, -0.2) is 17.5 Å². The van der Waals surface area contributed by atoms with Crippen molar-refractivity contribution in [1.29, 1.82) is 0 Å². The fourth-order valence-corrected chi connectivity index (χ4v) is 1.64. The number of carbonyl (C=O) groups excluding carboxylic acids is 1. The van der Waals surface area contributed by atoms with Crippen molar-refractivity contribution in [3.05, 3.63) is 48.3 Å². The van der Waals surface area contributed by atoms with Gasteiger partial charge in [0.1, 0.15) is 5.75 Å². The third kappa shape index (κ3) is 1.84. The SMILES string of the molecule is CCOc1ccccc1-n1cccc1C=O. The van der Waals surface area contributed by atoms with Gasteiger partial charge < -0.3 is 9.30 Å². The number of ether oxygens (including phenoxy) is 1. The van der Waals surface area contributed by atoms with Gasteiger partial charge >= 0.3 is 0 Å². The Balaban J connectivity index is 2.50. The molecule has 0 amide bonds. The molecule has 3 nitrogen and oxygen atoms in total. The van der Waals surface area contributed by atoms with Crippen LogP contribution in [0.4, 0.5) is 0 Å². The fraction of sp³-hybridized carbons (Fsp3) is 0.154. The Kier molecular flexibility index (Phi) is 3.05. The second-order valence-corrected chi connectivity index (χ2v) is 3.32. The molecule has 2 rings (SSSR count). The monoisotopic (exact) mass is 215 g/mol. The quantitative estimate of drug-likeness (QED) is 0.734. The zero-order chi connectivity index (χ0) is 11.4. The van der Waals surface area contributed by atoms with E-state index in [9.17, 15) is 4.79 Å². The molecule has 0 atom stereocenters. The maximum Gasteiger partial charge on any atom is 0.166 e. The lowest BCUT2D eigenvalue weighted by atomic mass is 10.3. The van der Waals surface area contributed by atoms with Crippen LogP contribution in [0.15, 0.2) is 42.6 Å². The van der Waals surface area contributed by atoms with E-state index in [-0.39, 0.29) is 0 Å². The van der Waals surface area contributed by atoms with Crippen molar-refractivity contribution in [3.63, 3.8) is 0 Å². The molecule has 16 heavy (non-hydrogen) atoms. The van der Waals surface area contributed by atoms with Gasteiger partial charge in [-0.05, 0) is 31.2 Å². The third-order valence-corrected chi connectivity index (χ3v) is 2.33. The molecule has 0 aliphatic rings. The Hall–Kier alpha value is -2.03. The molecular weight excluding hydrogens is 202 g/mol. The first-order valence-corrected chi connectivity index (χ1v) is 5.21. The minimum atomic E-state index is 0.606. The van der Waals surface area contributed by atoms with Crippen LogP contribution in [0.2, 0.25) is 0 Å². The molecule has 82 valence electrons. The second kappa shape index (κ2) is 4.66. The van der Waals surface area contributed by atoms with Crippen LogP contribution in [0, 0.1) is 0 Å². The fourth-order valence-electron chi connectivity index (χ4n) is 1.64. The van der Waals surface area contributed by atoms with Crippen molar-refractivity contribution in [3.8, 4) is 11.4 Å². The van der Waals surface area contributed by atoms with E-state index in [0.717, 1.165) is 17.7 Å². The van der Waals surface area contributed by atoms with E-state index in [1.165, 1.54) is 0 Å². The molecule has 1 heterocycles. The first kappa shape index (κ1) is 10.5. The van der Waals surface area contributed by atoms with Crippen LogP contribution in [-0.2, 0) is 0 Å². The molecule has 0 saturated carbocycles. The summed E-state index contributed by atoms with van der Waals surface area (Å²) in [7, 11) is 0. The van der Waals surface area contributed by atoms with Crippen LogP contribution in [0.25, 0.3) is 5.69 Å². The Morgan fingerprint density at radius 1 is 1.25 bits per heavy atom. The van der Waals surface area contributed by atoms with E-state index in [0.29, 0.717) is 12.3 Å². The van der Waals surface area contributed by atoms with Gasteiger partial charge in [-0.3, -0.25) is 4.79 Å². The standard InChI is InChI=1S/C13H13NO2/c1-2-16-13-8-4-3-7-12(13)14-9-5-6-11(14)10-15/h3-10H,2H2,1H3. The summed E-state index contributed by atoms with van der Waals surface area (Å²) in [6.45, 7) is 2.54. The molecule has 1 aromatic carbocycles. The molecule has 0 saturated heterocycles. The zero-order valence-electron chi connectivity index (χ0n) is 9.09. The number of aldehydes is 1. The van der Waals surface area contributed by atoms with Gasteiger partial charge in [0.25, 0.3) is 0 Å². The molecule has 3 heteroatoms. The number of carbonyl (C=O) groups is 1. The minimum Gasteiger partial charge on any atom is -0.492 e. The lowest BCUT2D eigenvalue weighted by Crippen LogP contribution is -2.02. The number of hydrogen-bond donors (Lipinski definition) is 0. The molecule has 1 aromatic heterocycles. The number of para-hydroxylation sites is 2. The molecule has 0 unspecified atom stereocenters. The topological polar surface area (TPSA) is 31.2 Å². The van der Waals surface area contributed by atoms with E-state index < -0.39 is 0 Å². The van der Waals surface area contributed by atoms with Gasteiger partial charge in [0.2, 0.25) is 0 Å². The molecule has 0 aliphatic carbocycles. The second-order valence-electron chi connectivity index (χ2n) is 3.32. The van der Waals surface area contributed by atoms with Gasteiger partial charge in [-0.25, -0.2) is 0 Å². The average molecular weight is 215 g/mol. The van der Waals surface area contributed by atoms with Gasteiger partial charge in [0.15, 0.2) is 6.29 Å². The van der Waals surface area contributed by atoms with Crippen LogP contribution in [0.5, 0.6) is 5.75 Å². The number of benzene rings is 1. The molecular formula is C13H13NO2. The lowest BCUT2D eigenvalue weighted by molar-refractivity contribution is 0.111. The Labute approximate surface area is 94.3 Å². The Bertz CT molecular complexity index is 488. The third-order valence-electron chi connectivity index (χ3n) is 2.33. The summed E-state index contributed by atoms with van der Waals surface area (Å²) in [4.78, 5) is 10.9. The van der Waals surface area contributed by atoms with Gasteiger partial charge in [-0.1, -0.05) is 12.1 Å². The van der Waals surface area contributed by atoms with Crippen molar-refractivity contribution >= 4 is 6.29 Å². The van der Waals surface area contributed by atoms with Crippen LogP contribution < -0.4 is 4.74 Å². The summed E-state index contributed by atoms with van der Waals surface area (Å²) in [5.74, 6) is 0.782. The van der Waals surface area contributed by atoms with Crippen molar-refractivity contribution in [1.82, 2.24) is 4.57 Å². The van der Waals surface area contributed by atoms with E-state index in [1.807, 2.05) is 48.0 Å². The molecule has 0 bridgehead atoms. The maximum atomic E-state index is 10.9. The minimum absolute atomic E-state index is 0.606. The normalized spacial score (nSPS) is 10.1. The van der Waals surface area contributed by atoms with Gasteiger partial charge in [-0.15, -0.1) is 0 Å². The first-order chi connectivity index (χ1) is 7.86. The van der Waals surface area contributed by atoms with Crippen LogP contribution >= 0.6 is 0 Å². The maximum absolute atomic E-state index is 10.9. The van der Waals surface area contributed by atoms with Crippen LogP contribution in [0.1, 0.15) is 17.4 Å². The average Bonchev–Trinajstić information content (AvgIpc) is 2.78. The van der Waals surface area contributed by atoms with E-state index >= 15 is 0 Å². The summed E-state index contributed by atoms with van der Waals surface area (Å²) in [5, 5.41) is 0. The highest BCUT2D eigenvalue weighted by molar-refractivity contribution is 5.74. The van der Waals surface area contributed by atoms with Crippen LogP contribution in [0.3, 0.4) is 0 Å². The van der Waals surface area contributed by atoms with Crippen molar-refractivity contribution in [2.45, 2.75) is 6.92 Å². The van der Waals surface area contributed by atoms with E-state index in [4.69, 9.17) is 4.74 Å². The predicted molar refractivity (Wildman–Crippen MR) is 62.3 cm³/mol. The molecule has 0 fully saturated rings. The molecule has 2 aromatic rings. The predicted octanol–water partition coefficient (Wildman–Crippen LogP) is 2.69. The number of rotatable bonds is 4. The number of hydrogen-bond acceptors (Lipinski definition) is 2. The summed E-state index contributed by atoms with van der Waals surface area (Å²) in [5.41, 5.74) is 1.50. The summed E-state index contributed by atoms with van der Waals surface area (Å²) in [6.07, 6.45) is 2.68. The largest absolute Gasteiger partial charge is 0.492 e. The van der Waals surface area contributed by atoms with Crippen molar-refractivity contribution in [2.75, 3.05) is 6.61 Å². The number of nitrogens with zero attached hydrogens (tertiary/aromatic N) is 1. The summed E-state index contributed by atoms with van der Waals surface area (Å²) in [6, 6.07) is 11.3. The highest BCUT2D eigenvalue weighted by atomic mass is 16.5. The smallest absolute Gasteiger partial charge is 0.166 e. The number of aromatic nitrogens is 1. The van der Waals surface area contributed by atoms with Gasteiger partial charge in [0, 0.05) is 6.20 Å². The molecule has 0 spiro atoms. The first-order valence-electron chi connectivity index (χ1n) is 5.21. The summed E-state index contributed by atoms with van der Waals surface area (Å²) < 4.78 is 7.34. The molecule has 0 N–H and O–H groups in total. The summed E-state index contributed by atoms with van der Waals surface area (Å²) >= 11 is 0. The van der Waals surface area contributed by atoms with Crippen molar-refractivity contribution < 1.29 is 9.53 Å². The van der Waals surface area contributed by atoms with E-state index in [2.05, 4.69) is 0 Å². The lowest BCUT2D eigenvalue weighted by Gasteiger charge is -2.11. The van der Waals surface area contributed by atoms with Gasteiger partial charge in [-0.2, -0.15) is 0 Å². The highest BCUT2D eigenvalue weighted by Gasteiger charge is 2.07. The Morgan fingerprint density at radius 3 is 2.81 bits per heavy atom. The molecule has 0 aliphatic heterocycles.